The van der Waals surface area contributed by atoms with Crippen molar-refractivity contribution in [1.82, 2.24) is 9.62 Å². The van der Waals surface area contributed by atoms with Crippen molar-refractivity contribution in [3.63, 3.8) is 0 Å². The normalized spacial score (nSPS) is 18.6. The fourth-order valence-corrected chi connectivity index (χ4v) is 5.74. The van der Waals surface area contributed by atoms with Crippen molar-refractivity contribution in [1.29, 1.82) is 0 Å². The zero-order chi connectivity index (χ0) is 14.7. The Kier molecular flexibility index (Phi) is 5.30. The minimum Gasteiger partial charge on any atom is -0.369 e. The Bertz CT molecular complexity index is 522. The summed E-state index contributed by atoms with van der Waals surface area (Å²) < 4.78 is 47.5. The van der Waals surface area contributed by atoms with Crippen LogP contribution in [0.3, 0.4) is 0 Å². The molecule has 1 aliphatic rings. The molecule has 0 aromatic rings. The lowest BCUT2D eigenvalue weighted by Crippen LogP contribution is -2.50. The average Bonchev–Trinajstić information content (AvgIpc) is 2.23. The molecule has 112 valence electrons. The molecule has 3 N–H and O–H groups in total. The molecule has 1 saturated heterocycles. The number of carbonyl (C=O) groups excluding carboxylic acids is 1. The van der Waals surface area contributed by atoms with Crippen molar-refractivity contribution in [3.8, 4) is 0 Å². The van der Waals surface area contributed by atoms with E-state index in [9.17, 15) is 21.6 Å². The van der Waals surface area contributed by atoms with Crippen LogP contribution in [0.5, 0.6) is 0 Å². The Morgan fingerprint density at radius 3 is 2.21 bits per heavy atom. The summed E-state index contributed by atoms with van der Waals surface area (Å²) in [5.74, 6) is -0.796. The van der Waals surface area contributed by atoms with Crippen LogP contribution in [-0.4, -0.2) is 64.1 Å². The van der Waals surface area contributed by atoms with Gasteiger partial charge in [0.25, 0.3) is 0 Å². The van der Waals surface area contributed by atoms with E-state index in [0.717, 1.165) is 10.6 Å². The van der Waals surface area contributed by atoms with Gasteiger partial charge in [0.15, 0.2) is 14.9 Å². The highest BCUT2D eigenvalue weighted by Gasteiger charge is 2.34. The third-order valence-electron chi connectivity index (χ3n) is 2.75. The second-order valence-corrected chi connectivity index (χ2v) is 9.08. The molecule has 1 aliphatic heterocycles. The Balaban J connectivity index is 2.98. The molecule has 1 rings (SSSR count). The first-order valence-electron chi connectivity index (χ1n) is 5.78. The van der Waals surface area contributed by atoms with Gasteiger partial charge < -0.3 is 11.1 Å². The molecule has 0 aromatic heterocycles. The Labute approximate surface area is 113 Å². The van der Waals surface area contributed by atoms with E-state index in [4.69, 9.17) is 5.73 Å². The Hall–Kier alpha value is -0.710. The molecule has 0 spiro atoms. The van der Waals surface area contributed by atoms with Crippen LogP contribution in [-0.2, 0) is 24.7 Å². The molecule has 1 fully saturated rings. The smallest absolute Gasteiger partial charge is 0.232 e. The van der Waals surface area contributed by atoms with Gasteiger partial charge in [-0.25, -0.2) is 16.8 Å². The number of hydrogen-bond donors (Lipinski definition) is 2. The standard InChI is InChI=1S/C9H19N3O5S2/c1-18(14,15)7-19(16,17)12(6-9(10)13)8-2-4-11-5-3-8/h8,11H,2-7H2,1H3,(H2,10,13). The summed E-state index contributed by atoms with van der Waals surface area (Å²) in [7, 11) is -7.76. The zero-order valence-electron chi connectivity index (χ0n) is 10.7. The number of nitrogens with zero attached hydrogens (tertiary/aromatic N) is 1. The van der Waals surface area contributed by atoms with Gasteiger partial charge in [-0.3, -0.25) is 4.79 Å². The molecule has 0 aromatic carbocycles. The van der Waals surface area contributed by atoms with Gasteiger partial charge in [0.2, 0.25) is 15.9 Å². The third-order valence-corrected chi connectivity index (χ3v) is 6.79. The molecule has 19 heavy (non-hydrogen) atoms. The maximum absolute atomic E-state index is 12.1. The van der Waals surface area contributed by atoms with Crippen molar-refractivity contribution in [2.45, 2.75) is 18.9 Å². The van der Waals surface area contributed by atoms with E-state index in [-0.39, 0.29) is 6.04 Å². The summed E-state index contributed by atoms with van der Waals surface area (Å²) in [5.41, 5.74) is 5.05. The molecule has 0 bridgehead atoms. The maximum atomic E-state index is 12.1. The molecule has 0 saturated carbocycles. The monoisotopic (exact) mass is 313 g/mol. The number of hydrogen-bond acceptors (Lipinski definition) is 6. The molecule has 0 unspecified atom stereocenters. The first-order chi connectivity index (χ1) is 8.62. The Morgan fingerprint density at radius 2 is 1.79 bits per heavy atom. The van der Waals surface area contributed by atoms with Gasteiger partial charge in [-0.15, -0.1) is 0 Å². The number of piperidine rings is 1. The largest absolute Gasteiger partial charge is 0.369 e. The first-order valence-corrected chi connectivity index (χ1v) is 9.45. The van der Waals surface area contributed by atoms with Gasteiger partial charge in [0, 0.05) is 12.3 Å². The van der Waals surface area contributed by atoms with Crippen LogP contribution in [0.2, 0.25) is 0 Å². The van der Waals surface area contributed by atoms with E-state index in [0.29, 0.717) is 25.9 Å². The number of carbonyl (C=O) groups is 1. The van der Waals surface area contributed by atoms with Gasteiger partial charge in [0.05, 0.1) is 6.54 Å². The SMILES string of the molecule is CS(=O)(=O)CS(=O)(=O)N(CC(N)=O)C1CCNCC1. The van der Waals surface area contributed by atoms with Crippen LogP contribution in [0.25, 0.3) is 0 Å². The number of sulfone groups is 1. The number of amides is 1. The lowest BCUT2D eigenvalue weighted by molar-refractivity contribution is -0.118. The highest BCUT2D eigenvalue weighted by atomic mass is 32.3. The van der Waals surface area contributed by atoms with Crippen LogP contribution in [0.4, 0.5) is 0 Å². The minimum atomic E-state index is -4.06. The lowest BCUT2D eigenvalue weighted by Gasteiger charge is -2.32. The third kappa shape index (κ3) is 5.43. The summed E-state index contributed by atoms with van der Waals surface area (Å²) in [6.45, 7) is 0.755. The van der Waals surface area contributed by atoms with Crippen LogP contribution in [0.15, 0.2) is 0 Å². The van der Waals surface area contributed by atoms with Crippen LogP contribution in [0, 0.1) is 0 Å². The van der Waals surface area contributed by atoms with Crippen molar-refractivity contribution >= 4 is 25.8 Å². The number of primary amides is 1. The summed E-state index contributed by atoms with van der Waals surface area (Å²) in [5, 5.41) is 2.06. The summed E-state index contributed by atoms with van der Waals surface area (Å²) in [6, 6.07) is -0.388. The highest BCUT2D eigenvalue weighted by molar-refractivity contribution is 8.06. The molecule has 0 radical (unpaired) electrons. The number of nitrogens with one attached hydrogen (secondary N) is 1. The second-order valence-electron chi connectivity index (χ2n) is 4.65. The van der Waals surface area contributed by atoms with E-state index in [1.807, 2.05) is 0 Å². The first kappa shape index (κ1) is 16.3. The molecule has 0 atom stereocenters. The minimum absolute atomic E-state index is 0.388. The highest BCUT2D eigenvalue weighted by Crippen LogP contribution is 2.17. The number of nitrogens with two attached hydrogens (primary N) is 1. The van der Waals surface area contributed by atoms with Crippen molar-refractivity contribution < 1.29 is 21.6 Å². The number of rotatable bonds is 6. The van der Waals surface area contributed by atoms with Crippen LogP contribution >= 0.6 is 0 Å². The van der Waals surface area contributed by atoms with E-state index in [1.165, 1.54) is 0 Å². The van der Waals surface area contributed by atoms with Gasteiger partial charge in [-0.1, -0.05) is 0 Å². The van der Waals surface area contributed by atoms with Gasteiger partial charge in [0.1, 0.15) is 0 Å². The van der Waals surface area contributed by atoms with E-state index >= 15 is 0 Å². The quantitative estimate of drug-likeness (QED) is 0.576. The molecule has 8 nitrogen and oxygen atoms in total. The second kappa shape index (κ2) is 6.16. The summed E-state index contributed by atoms with van der Waals surface area (Å²) in [4.78, 5) is 11.0. The molecular weight excluding hydrogens is 294 g/mol. The average molecular weight is 313 g/mol. The van der Waals surface area contributed by atoms with Gasteiger partial charge in [-0.05, 0) is 25.9 Å². The molecule has 1 heterocycles. The maximum Gasteiger partial charge on any atom is 0.232 e. The van der Waals surface area contributed by atoms with Crippen molar-refractivity contribution in [2.24, 2.45) is 5.73 Å². The van der Waals surface area contributed by atoms with E-state index in [1.54, 1.807) is 0 Å². The predicted molar refractivity (Wildman–Crippen MR) is 70.4 cm³/mol. The van der Waals surface area contributed by atoms with Crippen molar-refractivity contribution in [3.05, 3.63) is 0 Å². The zero-order valence-corrected chi connectivity index (χ0v) is 12.3. The van der Waals surface area contributed by atoms with E-state index in [2.05, 4.69) is 5.32 Å². The van der Waals surface area contributed by atoms with Crippen LogP contribution < -0.4 is 11.1 Å². The fourth-order valence-electron chi connectivity index (χ4n) is 2.04. The lowest BCUT2D eigenvalue weighted by atomic mass is 10.1. The molecule has 10 heteroatoms. The summed E-state index contributed by atoms with van der Waals surface area (Å²) in [6.07, 6.45) is 1.89. The van der Waals surface area contributed by atoms with Crippen molar-refractivity contribution in [2.75, 3.05) is 31.0 Å². The molecule has 0 aliphatic carbocycles. The predicted octanol–water partition coefficient (Wildman–Crippen LogP) is -2.14. The molecular formula is C9H19N3O5S2. The van der Waals surface area contributed by atoms with Crippen LogP contribution in [0.1, 0.15) is 12.8 Å². The van der Waals surface area contributed by atoms with Gasteiger partial charge in [-0.2, -0.15) is 4.31 Å². The number of sulfonamides is 1. The topological polar surface area (TPSA) is 127 Å². The Morgan fingerprint density at radius 1 is 1.26 bits per heavy atom. The molecule has 1 amide bonds. The van der Waals surface area contributed by atoms with E-state index < -0.39 is 37.4 Å². The van der Waals surface area contributed by atoms with Gasteiger partial charge >= 0.3 is 0 Å². The summed E-state index contributed by atoms with van der Waals surface area (Å²) >= 11 is 0. The fraction of sp³-hybridized carbons (Fsp3) is 0.889.